The highest BCUT2D eigenvalue weighted by molar-refractivity contribution is 7.99. The molecule has 0 aliphatic carbocycles. The summed E-state index contributed by atoms with van der Waals surface area (Å²) in [6.07, 6.45) is 0.786. The first kappa shape index (κ1) is 13.4. The summed E-state index contributed by atoms with van der Waals surface area (Å²) in [6.45, 7) is 2.98. The van der Waals surface area contributed by atoms with Gasteiger partial charge in [0, 0.05) is 28.5 Å². The Balaban J connectivity index is 2.09. The maximum atomic E-state index is 11.8. The molecule has 1 amide bonds. The molecule has 2 rings (SSSR count). The first-order chi connectivity index (χ1) is 8.76. The smallest absolute Gasteiger partial charge is 0.246 e. The van der Waals surface area contributed by atoms with E-state index in [9.17, 15) is 4.79 Å². The van der Waals surface area contributed by atoms with Crippen molar-refractivity contribution in [1.82, 2.24) is 5.32 Å². The van der Waals surface area contributed by atoms with Gasteiger partial charge < -0.3 is 15.7 Å². The first-order valence-corrected chi connectivity index (χ1v) is 7.16. The van der Waals surface area contributed by atoms with Crippen LogP contribution in [0.5, 0.6) is 0 Å². The van der Waals surface area contributed by atoms with Crippen LogP contribution in [0.25, 0.3) is 0 Å². The number of anilines is 1. The van der Waals surface area contributed by atoms with Crippen molar-refractivity contribution in [2.24, 2.45) is 0 Å². The fourth-order valence-corrected chi connectivity index (χ4v) is 2.87. The highest BCUT2D eigenvalue weighted by Crippen LogP contribution is 2.34. The number of carbonyl (C=O) groups excluding carboxylic acids is 1. The van der Waals surface area contributed by atoms with E-state index >= 15 is 0 Å². The van der Waals surface area contributed by atoms with E-state index in [0.717, 1.165) is 34.9 Å². The Morgan fingerprint density at radius 2 is 2.33 bits per heavy atom. The standard InChI is InChI=1S/C13H18N2O2S/c1-2-14-12-10-5-4-9(18-7-3-6-16)8-11(10)15-13(12)17/h4-5,8,12,14,16H,2-3,6-7H2,1H3,(H,15,17). The topological polar surface area (TPSA) is 61.4 Å². The average molecular weight is 266 g/mol. The van der Waals surface area contributed by atoms with Gasteiger partial charge in [0.25, 0.3) is 0 Å². The van der Waals surface area contributed by atoms with Gasteiger partial charge in [-0.25, -0.2) is 0 Å². The van der Waals surface area contributed by atoms with Crippen molar-refractivity contribution in [3.05, 3.63) is 23.8 Å². The number of hydrogen-bond acceptors (Lipinski definition) is 4. The lowest BCUT2D eigenvalue weighted by atomic mass is 10.1. The van der Waals surface area contributed by atoms with Crippen molar-refractivity contribution < 1.29 is 9.90 Å². The molecule has 0 spiro atoms. The maximum absolute atomic E-state index is 11.8. The highest BCUT2D eigenvalue weighted by atomic mass is 32.2. The van der Waals surface area contributed by atoms with Crippen LogP contribution < -0.4 is 10.6 Å². The summed E-state index contributed by atoms with van der Waals surface area (Å²) in [5.41, 5.74) is 1.92. The van der Waals surface area contributed by atoms with Crippen molar-refractivity contribution in [1.29, 1.82) is 0 Å². The second kappa shape index (κ2) is 6.22. The Kier molecular flexibility index (Phi) is 4.63. The van der Waals surface area contributed by atoms with Crippen LogP contribution in [0, 0.1) is 0 Å². The molecule has 0 fully saturated rings. The molecule has 98 valence electrons. The van der Waals surface area contributed by atoms with E-state index in [-0.39, 0.29) is 18.6 Å². The normalized spacial score (nSPS) is 17.7. The molecule has 0 saturated heterocycles. The Bertz CT molecular complexity index is 437. The van der Waals surface area contributed by atoms with Gasteiger partial charge in [-0.05, 0) is 25.1 Å². The number of hydrogen-bond donors (Lipinski definition) is 3. The Labute approximate surface area is 111 Å². The molecule has 5 heteroatoms. The number of rotatable bonds is 6. The molecule has 1 unspecified atom stereocenters. The van der Waals surface area contributed by atoms with Crippen molar-refractivity contribution >= 4 is 23.4 Å². The minimum Gasteiger partial charge on any atom is -0.396 e. The van der Waals surface area contributed by atoms with Crippen LogP contribution in [0.15, 0.2) is 23.1 Å². The zero-order valence-electron chi connectivity index (χ0n) is 10.4. The maximum Gasteiger partial charge on any atom is 0.246 e. The molecule has 0 radical (unpaired) electrons. The van der Waals surface area contributed by atoms with Gasteiger partial charge in [0.1, 0.15) is 6.04 Å². The fraction of sp³-hybridized carbons (Fsp3) is 0.462. The SMILES string of the molecule is CCNC1C(=O)Nc2cc(SCCCO)ccc21. The molecule has 1 aliphatic heterocycles. The summed E-state index contributed by atoms with van der Waals surface area (Å²) in [5, 5.41) is 14.8. The van der Waals surface area contributed by atoms with E-state index in [2.05, 4.69) is 10.6 Å². The lowest BCUT2D eigenvalue weighted by Gasteiger charge is -2.09. The Hall–Kier alpha value is -1.04. The summed E-state index contributed by atoms with van der Waals surface area (Å²) in [4.78, 5) is 12.9. The molecule has 1 aliphatic rings. The van der Waals surface area contributed by atoms with Crippen LogP contribution in [0.1, 0.15) is 24.9 Å². The van der Waals surface area contributed by atoms with Gasteiger partial charge in [0.05, 0.1) is 0 Å². The first-order valence-electron chi connectivity index (χ1n) is 6.18. The van der Waals surface area contributed by atoms with Crippen LogP contribution in [0.2, 0.25) is 0 Å². The number of carbonyl (C=O) groups is 1. The number of aliphatic hydroxyl groups is 1. The van der Waals surface area contributed by atoms with Crippen LogP contribution in [0.3, 0.4) is 0 Å². The number of nitrogens with one attached hydrogen (secondary N) is 2. The molecule has 1 aromatic rings. The molecule has 0 bridgehead atoms. The van der Waals surface area contributed by atoms with Crippen molar-refractivity contribution in [3.8, 4) is 0 Å². The summed E-state index contributed by atoms with van der Waals surface area (Å²) >= 11 is 1.70. The minimum atomic E-state index is -0.221. The lowest BCUT2D eigenvalue weighted by Crippen LogP contribution is -2.27. The molecule has 18 heavy (non-hydrogen) atoms. The average Bonchev–Trinajstić information content (AvgIpc) is 2.66. The third kappa shape index (κ3) is 2.85. The van der Waals surface area contributed by atoms with E-state index in [4.69, 9.17) is 5.11 Å². The molecule has 4 nitrogen and oxygen atoms in total. The van der Waals surface area contributed by atoms with Crippen molar-refractivity contribution in [2.75, 3.05) is 24.2 Å². The molecule has 0 aromatic heterocycles. The van der Waals surface area contributed by atoms with E-state index in [1.807, 2.05) is 25.1 Å². The quantitative estimate of drug-likeness (QED) is 0.542. The number of amides is 1. The largest absolute Gasteiger partial charge is 0.396 e. The zero-order chi connectivity index (χ0) is 13.0. The van der Waals surface area contributed by atoms with E-state index < -0.39 is 0 Å². The second-order valence-corrected chi connectivity index (χ2v) is 5.32. The molecule has 1 heterocycles. The van der Waals surface area contributed by atoms with Gasteiger partial charge in [-0.2, -0.15) is 0 Å². The van der Waals surface area contributed by atoms with Crippen LogP contribution >= 0.6 is 11.8 Å². The van der Waals surface area contributed by atoms with Gasteiger partial charge in [0.2, 0.25) is 5.91 Å². The molecular formula is C13H18N2O2S. The van der Waals surface area contributed by atoms with Crippen LogP contribution in [-0.2, 0) is 4.79 Å². The van der Waals surface area contributed by atoms with Crippen LogP contribution in [-0.4, -0.2) is 29.9 Å². The number of fused-ring (bicyclic) bond motifs is 1. The second-order valence-electron chi connectivity index (χ2n) is 4.15. The molecule has 1 aromatic carbocycles. The van der Waals surface area contributed by atoms with Crippen LogP contribution in [0.4, 0.5) is 5.69 Å². The minimum absolute atomic E-state index is 0.0179. The van der Waals surface area contributed by atoms with Crippen molar-refractivity contribution in [3.63, 3.8) is 0 Å². The molecule has 0 saturated carbocycles. The monoisotopic (exact) mass is 266 g/mol. The number of likely N-dealkylation sites (N-methyl/N-ethyl adjacent to an activating group) is 1. The Morgan fingerprint density at radius 1 is 1.50 bits per heavy atom. The van der Waals surface area contributed by atoms with E-state index in [1.54, 1.807) is 11.8 Å². The number of thioether (sulfide) groups is 1. The number of benzene rings is 1. The molecule has 3 N–H and O–H groups in total. The van der Waals surface area contributed by atoms with Gasteiger partial charge in [-0.15, -0.1) is 11.8 Å². The van der Waals surface area contributed by atoms with Gasteiger partial charge >= 0.3 is 0 Å². The fourth-order valence-electron chi connectivity index (χ4n) is 1.99. The Morgan fingerprint density at radius 3 is 3.06 bits per heavy atom. The summed E-state index contributed by atoms with van der Waals surface area (Å²) in [6, 6.07) is 5.82. The summed E-state index contributed by atoms with van der Waals surface area (Å²) in [5.74, 6) is 0.907. The zero-order valence-corrected chi connectivity index (χ0v) is 11.2. The lowest BCUT2D eigenvalue weighted by molar-refractivity contribution is -0.117. The highest BCUT2D eigenvalue weighted by Gasteiger charge is 2.29. The molecular weight excluding hydrogens is 248 g/mol. The van der Waals surface area contributed by atoms with Gasteiger partial charge in [-0.3, -0.25) is 4.79 Å². The van der Waals surface area contributed by atoms with Crippen molar-refractivity contribution in [2.45, 2.75) is 24.3 Å². The predicted molar refractivity (Wildman–Crippen MR) is 73.9 cm³/mol. The summed E-state index contributed by atoms with van der Waals surface area (Å²) < 4.78 is 0. The molecule has 1 atom stereocenters. The van der Waals surface area contributed by atoms with E-state index in [0.29, 0.717) is 0 Å². The third-order valence-corrected chi connectivity index (χ3v) is 3.92. The number of aliphatic hydroxyl groups excluding tert-OH is 1. The van der Waals surface area contributed by atoms with E-state index in [1.165, 1.54) is 0 Å². The third-order valence-electron chi connectivity index (χ3n) is 2.84. The summed E-state index contributed by atoms with van der Waals surface area (Å²) in [7, 11) is 0. The van der Waals surface area contributed by atoms with Gasteiger partial charge in [0.15, 0.2) is 0 Å². The predicted octanol–water partition coefficient (Wildman–Crippen LogP) is 1.76. The van der Waals surface area contributed by atoms with Gasteiger partial charge in [-0.1, -0.05) is 13.0 Å².